The minimum atomic E-state index is -0.319. The quantitative estimate of drug-likeness (QED) is 0.333. The Morgan fingerprint density at radius 2 is 1.85 bits per heavy atom. The molecule has 1 N–H and O–H groups in total. The molecule has 1 fully saturated rings. The fraction of sp³-hybridized carbons (Fsp3) is 0.0800. The van der Waals surface area contributed by atoms with Crippen LogP contribution in [0.5, 0.6) is 5.75 Å². The number of rotatable bonds is 6. The van der Waals surface area contributed by atoms with Crippen molar-refractivity contribution >= 4 is 69.2 Å². The molecule has 0 saturated carbocycles. The monoisotopic (exact) mass is 494 g/mol. The van der Waals surface area contributed by atoms with Gasteiger partial charge in [0.15, 0.2) is 10.9 Å². The van der Waals surface area contributed by atoms with Gasteiger partial charge in [0.2, 0.25) is 0 Å². The number of carbonyl (C=O) groups excluding carboxylic acids is 2. The molecule has 3 aromatic carbocycles. The van der Waals surface area contributed by atoms with Crippen LogP contribution in [-0.2, 0) is 9.59 Å². The minimum absolute atomic E-state index is 0.193. The SMILES string of the molecule is Cc1ccc(NC(=O)COc2ccccc2/C=C2\SC(=S)N(c3ccccc3)C2=O)cc1Cl. The number of hydrogen-bond acceptors (Lipinski definition) is 5. The van der Waals surface area contributed by atoms with Gasteiger partial charge >= 0.3 is 0 Å². The van der Waals surface area contributed by atoms with Crippen LogP contribution >= 0.6 is 35.6 Å². The summed E-state index contributed by atoms with van der Waals surface area (Å²) in [5.41, 5.74) is 2.92. The third-order valence-corrected chi connectivity index (χ3v) is 6.54. The molecule has 1 heterocycles. The molecule has 0 aromatic heterocycles. The van der Waals surface area contributed by atoms with Crippen molar-refractivity contribution in [1.82, 2.24) is 0 Å². The Bertz CT molecular complexity index is 1260. The van der Waals surface area contributed by atoms with E-state index in [1.165, 1.54) is 16.7 Å². The standard InChI is InChI=1S/C25H19ClN2O3S2/c1-16-11-12-18(14-20(16)26)27-23(29)15-31-21-10-6-5-7-17(21)13-22-24(30)28(25(32)33-22)19-8-3-2-4-9-19/h2-14H,15H2,1H3,(H,27,29)/b22-13-. The van der Waals surface area contributed by atoms with Gasteiger partial charge in [-0.1, -0.05) is 78.0 Å². The summed E-state index contributed by atoms with van der Waals surface area (Å²) in [6.45, 7) is 1.70. The molecule has 0 radical (unpaired) electrons. The molecule has 2 amide bonds. The van der Waals surface area contributed by atoms with Crippen molar-refractivity contribution in [3.8, 4) is 5.75 Å². The number of hydrogen-bond donors (Lipinski definition) is 1. The molecule has 166 valence electrons. The van der Waals surface area contributed by atoms with Crippen molar-refractivity contribution in [2.75, 3.05) is 16.8 Å². The Labute approximate surface area is 206 Å². The molecule has 0 aliphatic carbocycles. The summed E-state index contributed by atoms with van der Waals surface area (Å²) in [6.07, 6.45) is 1.73. The normalized spacial score (nSPS) is 14.6. The Morgan fingerprint density at radius 3 is 2.61 bits per heavy atom. The number of ether oxygens (including phenoxy) is 1. The van der Waals surface area contributed by atoms with E-state index < -0.39 is 0 Å². The lowest BCUT2D eigenvalue weighted by Gasteiger charge is -2.14. The Hall–Kier alpha value is -3.13. The van der Waals surface area contributed by atoms with Crippen molar-refractivity contribution in [3.63, 3.8) is 0 Å². The number of nitrogens with one attached hydrogen (secondary N) is 1. The number of nitrogens with zero attached hydrogens (tertiary/aromatic N) is 1. The van der Waals surface area contributed by atoms with E-state index in [1.807, 2.05) is 55.5 Å². The van der Waals surface area contributed by atoms with Crippen LogP contribution < -0.4 is 15.0 Å². The van der Waals surface area contributed by atoms with Gasteiger partial charge in [-0.15, -0.1) is 0 Å². The van der Waals surface area contributed by atoms with Gasteiger partial charge in [0.05, 0.1) is 10.6 Å². The van der Waals surface area contributed by atoms with Gasteiger partial charge < -0.3 is 10.1 Å². The van der Waals surface area contributed by atoms with Crippen molar-refractivity contribution in [1.29, 1.82) is 0 Å². The predicted molar refractivity (Wildman–Crippen MR) is 139 cm³/mol. The van der Waals surface area contributed by atoms with Gasteiger partial charge in [-0.3, -0.25) is 14.5 Å². The lowest BCUT2D eigenvalue weighted by Crippen LogP contribution is -2.27. The summed E-state index contributed by atoms with van der Waals surface area (Å²) in [5.74, 6) is -0.0281. The molecule has 3 aromatic rings. The zero-order valence-electron chi connectivity index (χ0n) is 17.6. The molecule has 33 heavy (non-hydrogen) atoms. The Morgan fingerprint density at radius 1 is 1.12 bits per heavy atom. The summed E-state index contributed by atoms with van der Waals surface area (Å²) < 4.78 is 6.22. The van der Waals surface area contributed by atoms with E-state index in [0.29, 0.717) is 31.2 Å². The van der Waals surface area contributed by atoms with E-state index in [0.717, 1.165) is 11.3 Å². The average Bonchev–Trinajstić information content (AvgIpc) is 3.09. The van der Waals surface area contributed by atoms with Crippen LogP contribution in [0.3, 0.4) is 0 Å². The number of anilines is 2. The van der Waals surface area contributed by atoms with Gasteiger partial charge in [0.1, 0.15) is 5.75 Å². The molecular weight excluding hydrogens is 476 g/mol. The van der Waals surface area contributed by atoms with Gasteiger partial charge in [0.25, 0.3) is 11.8 Å². The fourth-order valence-electron chi connectivity index (χ4n) is 3.15. The van der Waals surface area contributed by atoms with Crippen LogP contribution in [0.4, 0.5) is 11.4 Å². The molecule has 4 rings (SSSR count). The summed E-state index contributed by atoms with van der Waals surface area (Å²) in [6, 6.07) is 21.8. The summed E-state index contributed by atoms with van der Waals surface area (Å²) >= 11 is 12.8. The molecule has 0 bridgehead atoms. The number of aryl methyl sites for hydroxylation is 1. The molecule has 1 saturated heterocycles. The molecule has 8 heteroatoms. The third-order valence-electron chi connectivity index (χ3n) is 4.83. The van der Waals surface area contributed by atoms with Crippen LogP contribution in [0.2, 0.25) is 5.02 Å². The highest BCUT2D eigenvalue weighted by atomic mass is 35.5. The number of carbonyl (C=O) groups is 2. The average molecular weight is 495 g/mol. The van der Waals surface area contributed by atoms with Crippen LogP contribution in [0.1, 0.15) is 11.1 Å². The number of halogens is 1. The van der Waals surface area contributed by atoms with Crippen molar-refractivity contribution in [3.05, 3.63) is 93.9 Å². The molecule has 0 unspecified atom stereocenters. The third kappa shape index (κ3) is 5.45. The molecule has 0 spiro atoms. The van der Waals surface area contributed by atoms with Crippen LogP contribution in [0, 0.1) is 6.92 Å². The van der Waals surface area contributed by atoms with E-state index in [4.69, 9.17) is 28.6 Å². The first-order valence-corrected chi connectivity index (χ1v) is 11.6. The first-order valence-electron chi connectivity index (χ1n) is 10.0. The summed E-state index contributed by atoms with van der Waals surface area (Å²) in [5, 5.41) is 3.34. The number of benzene rings is 3. The first-order chi connectivity index (χ1) is 15.9. The second kappa shape index (κ2) is 10.2. The van der Waals surface area contributed by atoms with Crippen LogP contribution in [-0.4, -0.2) is 22.7 Å². The number of thioether (sulfide) groups is 1. The predicted octanol–water partition coefficient (Wildman–Crippen LogP) is 6.07. The van der Waals surface area contributed by atoms with E-state index >= 15 is 0 Å². The van der Waals surface area contributed by atoms with Crippen molar-refractivity contribution < 1.29 is 14.3 Å². The minimum Gasteiger partial charge on any atom is -0.483 e. The van der Waals surface area contributed by atoms with Crippen LogP contribution in [0.15, 0.2) is 77.7 Å². The van der Waals surface area contributed by atoms with E-state index in [9.17, 15) is 9.59 Å². The number of thiocarbonyl (C=S) groups is 1. The highest BCUT2D eigenvalue weighted by Gasteiger charge is 2.33. The second-order valence-corrected chi connectivity index (χ2v) is 9.27. The van der Waals surface area contributed by atoms with E-state index in [1.54, 1.807) is 30.3 Å². The second-order valence-electron chi connectivity index (χ2n) is 7.19. The highest BCUT2D eigenvalue weighted by molar-refractivity contribution is 8.27. The topological polar surface area (TPSA) is 58.6 Å². The van der Waals surface area contributed by atoms with Gasteiger partial charge in [-0.25, -0.2) is 0 Å². The van der Waals surface area contributed by atoms with E-state index in [2.05, 4.69) is 5.32 Å². The van der Waals surface area contributed by atoms with Crippen molar-refractivity contribution in [2.24, 2.45) is 0 Å². The van der Waals surface area contributed by atoms with Crippen LogP contribution in [0.25, 0.3) is 6.08 Å². The lowest BCUT2D eigenvalue weighted by molar-refractivity contribution is -0.118. The van der Waals surface area contributed by atoms with E-state index in [-0.39, 0.29) is 18.4 Å². The van der Waals surface area contributed by atoms with Crippen molar-refractivity contribution in [2.45, 2.75) is 6.92 Å². The Kier molecular flexibility index (Phi) is 7.13. The molecule has 1 aliphatic rings. The largest absolute Gasteiger partial charge is 0.483 e. The summed E-state index contributed by atoms with van der Waals surface area (Å²) in [7, 11) is 0. The van der Waals surface area contributed by atoms with Gasteiger partial charge in [-0.05, 0) is 48.9 Å². The zero-order chi connectivity index (χ0) is 23.4. The fourth-order valence-corrected chi connectivity index (χ4v) is 4.62. The molecule has 5 nitrogen and oxygen atoms in total. The van der Waals surface area contributed by atoms with Gasteiger partial charge in [0, 0.05) is 16.3 Å². The maximum Gasteiger partial charge on any atom is 0.270 e. The summed E-state index contributed by atoms with van der Waals surface area (Å²) in [4.78, 5) is 27.3. The Balaban J connectivity index is 1.47. The molecule has 0 atom stereocenters. The molecular formula is C25H19ClN2O3S2. The van der Waals surface area contributed by atoms with Gasteiger partial charge in [-0.2, -0.15) is 0 Å². The zero-order valence-corrected chi connectivity index (χ0v) is 20.0. The number of amides is 2. The molecule has 1 aliphatic heterocycles. The number of para-hydroxylation sites is 2. The smallest absolute Gasteiger partial charge is 0.270 e. The maximum absolute atomic E-state index is 13.0. The first kappa shape index (κ1) is 23.0. The highest BCUT2D eigenvalue weighted by Crippen LogP contribution is 2.37. The lowest BCUT2D eigenvalue weighted by atomic mass is 10.2. The maximum atomic E-state index is 13.0.